The molecule has 0 saturated carbocycles. The van der Waals surface area contributed by atoms with E-state index in [1.807, 2.05) is 25.1 Å². The minimum Gasteiger partial charge on any atom is -0.466 e. The summed E-state index contributed by atoms with van der Waals surface area (Å²) in [5.74, 6) is -0.441. The van der Waals surface area contributed by atoms with Crippen LogP contribution < -0.4 is 5.32 Å². The summed E-state index contributed by atoms with van der Waals surface area (Å²) in [6.07, 6.45) is 1.75. The fourth-order valence-corrected chi connectivity index (χ4v) is 2.93. The number of nitrogens with zero attached hydrogens (tertiary/aromatic N) is 1. The van der Waals surface area contributed by atoms with Crippen LogP contribution in [0, 0.1) is 6.92 Å². The molecular formula is C19H26N2O4. The maximum atomic E-state index is 12.3. The first-order chi connectivity index (χ1) is 12.0. The van der Waals surface area contributed by atoms with Crippen molar-refractivity contribution in [1.29, 1.82) is 0 Å². The SMILES string of the molecule is CCOC(=O)CCC(=O)N1CCC(NC(=O)c2cccc(C)c2)CC1. The van der Waals surface area contributed by atoms with Crippen molar-refractivity contribution in [3.05, 3.63) is 35.4 Å². The number of carbonyl (C=O) groups excluding carboxylic acids is 3. The largest absolute Gasteiger partial charge is 0.466 e. The lowest BCUT2D eigenvalue weighted by Gasteiger charge is -2.32. The van der Waals surface area contributed by atoms with E-state index in [-0.39, 0.29) is 36.7 Å². The predicted octanol–water partition coefficient (Wildman–Crippen LogP) is 2.06. The molecule has 2 rings (SSSR count). The highest BCUT2D eigenvalue weighted by Gasteiger charge is 2.24. The zero-order valence-electron chi connectivity index (χ0n) is 14.9. The number of aryl methyl sites for hydroxylation is 1. The lowest BCUT2D eigenvalue weighted by molar-refractivity contribution is -0.145. The van der Waals surface area contributed by atoms with Crippen molar-refractivity contribution >= 4 is 17.8 Å². The van der Waals surface area contributed by atoms with E-state index >= 15 is 0 Å². The average Bonchev–Trinajstić information content (AvgIpc) is 2.60. The number of hydrogen-bond acceptors (Lipinski definition) is 4. The highest BCUT2D eigenvalue weighted by molar-refractivity contribution is 5.94. The van der Waals surface area contributed by atoms with Crippen LogP contribution in [-0.2, 0) is 14.3 Å². The molecule has 0 radical (unpaired) electrons. The molecule has 1 aliphatic rings. The first kappa shape index (κ1) is 19.0. The topological polar surface area (TPSA) is 75.7 Å². The van der Waals surface area contributed by atoms with Crippen LogP contribution in [0.3, 0.4) is 0 Å². The molecule has 0 atom stereocenters. The number of amides is 2. The number of likely N-dealkylation sites (tertiary alicyclic amines) is 1. The van der Waals surface area contributed by atoms with Crippen molar-refractivity contribution in [3.63, 3.8) is 0 Å². The van der Waals surface area contributed by atoms with Gasteiger partial charge in [0.1, 0.15) is 0 Å². The van der Waals surface area contributed by atoms with E-state index in [9.17, 15) is 14.4 Å². The molecule has 1 N–H and O–H groups in total. The molecule has 1 fully saturated rings. The van der Waals surface area contributed by atoms with E-state index in [1.54, 1.807) is 17.9 Å². The molecular weight excluding hydrogens is 320 g/mol. The normalized spacial score (nSPS) is 14.9. The van der Waals surface area contributed by atoms with Gasteiger partial charge in [-0.2, -0.15) is 0 Å². The minimum atomic E-state index is -0.337. The second-order valence-corrected chi connectivity index (χ2v) is 6.30. The van der Waals surface area contributed by atoms with Crippen LogP contribution >= 0.6 is 0 Å². The highest BCUT2D eigenvalue weighted by atomic mass is 16.5. The van der Waals surface area contributed by atoms with Crippen molar-refractivity contribution in [1.82, 2.24) is 10.2 Å². The fourth-order valence-electron chi connectivity index (χ4n) is 2.93. The Bertz CT molecular complexity index is 622. The summed E-state index contributed by atoms with van der Waals surface area (Å²) in [5.41, 5.74) is 1.71. The van der Waals surface area contributed by atoms with E-state index < -0.39 is 0 Å². The van der Waals surface area contributed by atoms with Crippen LogP contribution in [-0.4, -0.2) is 48.4 Å². The number of rotatable bonds is 6. The van der Waals surface area contributed by atoms with Gasteiger partial charge in [0.05, 0.1) is 13.0 Å². The maximum Gasteiger partial charge on any atom is 0.306 e. The monoisotopic (exact) mass is 346 g/mol. The minimum absolute atomic E-state index is 0.0310. The van der Waals surface area contributed by atoms with E-state index in [2.05, 4.69) is 5.32 Å². The summed E-state index contributed by atoms with van der Waals surface area (Å²) in [6, 6.07) is 7.56. The Morgan fingerprint density at radius 1 is 1.20 bits per heavy atom. The Kier molecular flexibility index (Phi) is 6.98. The summed E-state index contributed by atoms with van der Waals surface area (Å²) in [4.78, 5) is 37.5. The standard InChI is InChI=1S/C19H26N2O4/c1-3-25-18(23)8-7-17(22)21-11-9-16(10-12-21)20-19(24)15-6-4-5-14(2)13-15/h4-6,13,16H,3,7-12H2,1-2H3,(H,20,24). The highest BCUT2D eigenvalue weighted by Crippen LogP contribution is 2.13. The maximum absolute atomic E-state index is 12.3. The molecule has 0 aliphatic carbocycles. The molecule has 1 aromatic rings. The van der Waals surface area contributed by atoms with Crippen molar-refractivity contribution in [2.24, 2.45) is 0 Å². The number of esters is 1. The van der Waals surface area contributed by atoms with Gasteiger partial charge in [0.2, 0.25) is 5.91 Å². The van der Waals surface area contributed by atoms with Crippen molar-refractivity contribution < 1.29 is 19.1 Å². The van der Waals surface area contributed by atoms with Gasteiger partial charge in [0.25, 0.3) is 5.91 Å². The molecule has 0 unspecified atom stereocenters. The third kappa shape index (κ3) is 5.89. The lowest BCUT2D eigenvalue weighted by Crippen LogP contribution is -2.46. The lowest BCUT2D eigenvalue weighted by atomic mass is 10.0. The van der Waals surface area contributed by atoms with Gasteiger partial charge in [0, 0.05) is 31.1 Å². The molecule has 6 heteroatoms. The summed E-state index contributed by atoms with van der Waals surface area (Å²) in [7, 11) is 0. The van der Waals surface area contributed by atoms with E-state index in [0.717, 1.165) is 18.4 Å². The van der Waals surface area contributed by atoms with Gasteiger partial charge in [-0.1, -0.05) is 17.7 Å². The number of carbonyl (C=O) groups is 3. The Labute approximate surface area is 148 Å². The van der Waals surface area contributed by atoms with Crippen LogP contribution in [0.5, 0.6) is 0 Å². The summed E-state index contributed by atoms with van der Waals surface area (Å²) >= 11 is 0. The quantitative estimate of drug-likeness (QED) is 0.800. The zero-order valence-corrected chi connectivity index (χ0v) is 14.9. The summed E-state index contributed by atoms with van der Waals surface area (Å²) < 4.78 is 4.83. The summed E-state index contributed by atoms with van der Waals surface area (Å²) in [6.45, 7) is 5.23. The molecule has 0 aromatic heterocycles. The number of ether oxygens (including phenoxy) is 1. The Morgan fingerprint density at radius 3 is 2.56 bits per heavy atom. The number of benzene rings is 1. The van der Waals surface area contributed by atoms with Crippen LogP contribution in [0.2, 0.25) is 0 Å². The third-order valence-electron chi connectivity index (χ3n) is 4.31. The van der Waals surface area contributed by atoms with Gasteiger partial charge in [-0.3, -0.25) is 14.4 Å². The van der Waals surface area contributed by atoms with E-state index in [4.69, 9.17) is 4.74 Å². The Hall–Kier alpha value is -2.37. The molecule has 0 spiro atoms. The van der Waals surface area contributed by atoms with E-state index in [1.165, 1.54) is 0 Å². The van der Waals surface area contributed by atoms with Crippen LogP contribution in [0.15, 0.2) is 24.3 Å². The first-order valence-electron chi connectivity index (χ1n) is 8.80. The first-order valence-corrected chi connectivity index (χ1v) is 8.80. The molecule has 2 amide bonds. The Morgan fingerprint density at radius 2 is 1.92 bits per heavy atom. The van der Waals surface area contributed by atoms with Crippen molar-refractivity contribution in [2.75, 3.05) is 19.7 Å². The van der Waals surface area contributed by atoms with Crippen LogP contribution in [0.1, 0.15) is 48.5 Å². The second-order valence-electron chi connectivity index (χ2n) is 6.30. The van der Waals surface area contributed by atoms with Gasteiger partial charge in [-0.05, 0) is 38.8 Å². The predicted molar refractivity (Wildman–Crippen MR) is 94.1 cm³/mol. The molecule has 6 nitrogen and oxygen atoms in total. The van der Waals surface area contributed by atoms with Gasteiger partial charge >= 0.3 is 5.97 Å². The molecule has 136 valence electrons. The molecule has 25 heavy (non-hydrogen) atoms. The van der Waals surface area contributed by atoms with Crippen LogP contribution in [0.25, 0.3) is 0 Å². The van der Waals surface area contributed by atoms with Gasteiger partial charge in [0.15, 0.2) is 0 Å². The van der Waals surface area contributed by atoms with Crippen LogP contribution in [0.4, 0.5) is 0 Å². The summed E-state index contributed by atoms with van der Waals surface area (Å²) in [5, 5.41) is 3.04. The molecule has 1 aromatic carbocycles. The molecule has 0 bridgehead atoms. The fraction of sp³-hybridized carbons (Fsp3) is 0.526. The van der Waals surface area contributed by atoms with Crippen molar-refractivity contribution in [2.45, 2.75) is 45.6 Å². The van der Waals surface area contributed by atoms with Gasteiger partial charge < -0.3 is 15.0 Å². The van der Waals surface area contributed by atoms with Gasteiger partial charge in [-0.15, -0.1) is 0 Å². The molecule has 1 aliphatic heterocycles. The molecule has 1 heterocycles. The Balaban J connectivity index is 1.74. The number of nitrogens with one attached hydrogen (secondary N) is 1. The van der Waals surface area contributed by atoms with E-state index in [0.29, 0.717) is 25.3 Å². The average molecular weight is 346 g/mol. The number of hydrogen-bond donors (Lipinski definition) is 1. The molecule has 1 saturated heterocycles. The third-order valence-corrected chi connectivity index (χ3v) is 4.31. The van der Waals surface area contributed by atoms with Gasteiger partial charge in [-0.25, -0.2) is 0 Å². The smallest absolute Gasteiger partial charge is 0.306 e. The number of piperidine rings is 1. The second kappa shape index (κ2) is 9.20. The zero-order chi connectivity index (χ0) is 18.2. The van der Waals surface area contributed by atoms with Crippen molar-refractivity contribution in [3.8, 4) is 0 Å².